The summed E-state index contributed by atoms with van der Waals surface area (Å²) >= 11 is 0. The first kappa shape index (κ1) is 22.7. The van der Waals surface area contributed by atoms with Gasteiger partial charge in [0, 0.05) is 6.07 Å². The summed E-state index contributed by atoms with van der Waals surface area (Å²) in [5.41, 5.74) is 1.19. The van der Waals surface area contributed by atoms with Crippen molar-refractivity contribution in [1.29, 1.82) is 0 Å². The van der Waals surface area contributed by atoms with Gasteiger partial charge in [-0.2, -0.15) is 0 Å². The van der Waals surface area contributed by atoms with Crippen LogP contribution in [0.4, 0.5) is 16.2 Å². The molecule has 0 saturated heterocycles. The second-order valence-corrected chi connectivity index (χ2v) is 7.71. The summed E-state index contributed by atoms with van der Waals surface area (Å²) in [6.07, 6.45) is 0.619. The standard InChI is InChI=1S/C29H21NO6/c1-33-24-14-8-9-15-25(24)36-27-19-34-26-18-22(16-17-23(26)28(27)31)35-29(32)30(20-10-4-2-5-11-20)21-12-6-3-7-13-21/h2-19H,1H3. The van der Waals surface area contributed by atoms with Crippen LogP contribution in [0.2, 0.25) is 0 Å². The highest BCUT2D eigenvalue weighted by atomic mass is 16.6. The SMILES string of the molecule is COc1ccccc1Oc1coc2cc(OC(=O)N(c3ccccc3)c3ccccc3)ccc2c1=O. The van der Waals surface area contributed by atoms with Gasteiger partial charge in [-0.1, -0.05) is 48.5 Å². The quantitative estimate of drug-likeness (QED) is 0.263. The number of anilines is 2. The van der Waals surface area contributed by atoms with Gasteiger partial charge in [0.1, 0.15) is 17.6 Å². The molecular weight excluding hydrogens is 458 g/mol. The molecule has 7 heteroatoms. The maximum absolute atomic E-state index is 13.2. The number of carbonyl (C=O) groups excluding carboxylic acids is 1. The first-order valence-corrected chi connectivity index (χ1v) is 11.1. The zero-order valence-electron chi connectivity index (χ0n) is 19.3. The lowest BCUT2D eigenvalue weighted by Crippen LogP contribution is -2.29. The van der Waals surface area contributed by atoms with E-state index in [9.17, 15) is 9.59 Å². The highest BCUT2D eigenvalue weighted by molar-refractivity contribution is 5.97. The molecule has 1 amide bonds. The number of methoxy groups -OCH3 is 1. The van der Waals surface area contributed by atoms with Crippen molar-refractivity contribution in [2.45, 2.75) is 0 Å². The Balaban J connectivity index is 1.43. The molecule has 0 radical (unpaired) electrons. The van der Waals surface area contributed by atoms with Crippen LogP contribution in [-0.4, -0.2) is 13.2 Å². The van der Waals surface area contributed by atoms with Gasteiger partial charge in [-0.3, -0.25) is 4.79 Å². The average Bonchev–Trinajstić information content (AvgIpc) is 2.92. The van der Waals surface area contributed by atoms with Crippen molar-refractivity contribution in [1.82, 2.24) is 0 Å². The van der Waals surface area contributed by atoms with Crippen LogP contribution in [-0.2, 0) is 0 Å². The molecule has 0 N–H and O–H groups in total. The first-order chi connectivity index (χ1) is 17.6. The highest BCUT2D eigenvalue weighted by Gasteiger charge is 2.21. The molecule has 5 aromatic rings. The Bertz CT molecular complexity index is 1520. The van der Waals surface area contributed by atoms with Gasteiger partial charge < -0.3 is 18.6 Å². The fourth-order valence-corrected chi connectivity index (χ4v) is 3.71. The van der Waals surface area contributed by atoms with Crippen LogP contribution in [0.1, 0.15) is 0 Å². The number of hydrogen-bond donors (Lipinski definition) is 0. The topological polar surface area (TPSA) is 78.2 Å². The van der Waals surface area contributed by atoms with Crippen LogP contribution >= 0.6 is 0 Å². The maximum atomic E-state index is 13.2. The molecule has 1 aromatic heterocycles. The van der Waals surface area contributed by atoms with Gasteiger partial charge in [0.15, 0.2) is 11.5 Å². The summed E-state index contributed by atoms with van der Waals surface area (Å²) in [4.78, 5) is 27.7. The molecule has 178 valence electrons. The molecule has 0 bridgehead atoms. The molecule has 0 unspecified atom stereocenters. The molecule has 4 aromatic carbocycles. The molecule has 5 rings (SSSR count). The van der Waals surface area contributed by atoms with Gasteiger partial charge in [0.2, 0.25) is 11.2 Å². The van der Waals surface area contributed by atoms with Crippen LogP contribution in [0.15, 0.2) is 119 Å². The van der Waals surface area contributed by atoms with E-state index in [1.54, 1.807) is 24.3 Å². The van der Waals surface area contributed by atoms with Crippen LogP contribution in [0.5, 0.6) is 23.0 Å². The number of rotatable bonds is 6. The van der Waals surface area contributed by atoms with Gasteiger partial charge in [-0.25, -0.2) is 9.69 Å². The zero-order valence-corrected chi connectivity index (χ0v) is 19.3. The molecule has 0 spiro atoms. The number of amides is 1. The Kier molecular flexibility index (Phi) is 6.36. The third-order valence-corrected chi connectivity index (χ3v) is 5.42. The number of ether oxygens (including phenoxy) is 3. The van der Waals surface area contributed by atoms with E-state index in [4.69, 9.17) is 18.6 Å². The van der Waals surface area contributed by atoms with Crippen LogP contribution in [0, 0.1) is 0 Å². The number of carbonyl (C=O) groups is 1. The van der Waals surface area contributed by atoms with E-state index < -0.39 is 6.09 Å². The Morgan fingerprint density at radius 2 is 1.36 bits per heavy atom. The lowest BCUT2D eigenvalue weighted by Gasteiger charge is -2.22. The van der Waals surface area contributed by atoms with Crippen molar-refractivity contribution < 1.29 is 23.4 Å². The summed E-state index contributed by atoms with van der Waals surface area (Å²) < 4.78 is 22.3. The van der Waals surface area contributed by atoms with E-state index in [1.165, 1.54) is 36.5 Å². The minimum atomic E-state index is -0.606. The molecular formula is C29H21NO6. The largest absolute Gasteiger partial charge is 0.493 e. The highest BCUT2D eigenvalue weighted by Crippen LogP contribution is 2.31. The third-order valence-electron chi connectivity index (χ3n) is 5.42. The molecule has 0 saturated carbocycles. The van der Waals surface area contributed by atoms with Gasteiger partial charge in [0.05, 0.1) is 23.9 Å². The van der Waals surface area contributed by atoms with Crippen molar-refractivity contribution in [2.75, 3.05) is 12.0 Å². The van der Waals surface area contributed by atoms with Gasteiger partial charge in [0.25, 0.3) is 0 Å². The first-order valence-electron chi connectivity index (χ1n) is 11.1. The smallest absolute Gasteiger partial charge is 0.424 e. The average molecular weight is 479 g/mol. The monoisotopic (exact) mass is 479 g/mol. The molecule has 0 atom stereocenters. The molecule has 0 aliphatic heterocycles. The number of nitrogens with zero attached hydrogens (tertiary/aromatic N) is 1. The summed E-state index contributed by atoms with van der Waals surface area (Å²) in [5.74, 6) is 1.11. The molecule has 36 heavy (non-hydrogen) atoms. The van der Waals surface area contributed by atoms with Crippen LogP contribution < -0.4 is 24.5 Å². The van der Waals surface area contributed by atoms with E-state index in [-0.39, 0.29) is 27.9 Å². The van der Waals surface area contributed by atoms with E-state index in [2.05, 4.69) is 0 Å². The van der Waals surface area contributed by atoms with Crippen molar-refractivity contribution in [3.63, 3.8) is 0 Å². The van der Waals surface area contributed by atoms with Crippen molar-refractivity contribution in [3.05, 3.63) is 120 Å². The summed E-state index contributed by atoms with van der Waals surface area (Å²) in [6.45, 7) is 0. The lowest BCUT2D eigenvalue weighted by atomic mass is 10.2. The molecule has 7 nitrogen and oxygen atoms in total. The summed E-state index contributed by atoms with van der Waals surface area (Å²) in [7, 11) is 1.52. The molecule has 0 fully saturated rings. The normalized spacial score (nSPS) is 10.6. The van der Waals surface area contributed by atoms with E-state index >= 15 is 0 Å². The Labute approximate surface area is 206 Å². The number of fused-ring (bicyclic) bond motifs is 1. The molecule has 1 heterocycles. The van der Waals surface area contributed by atoms with E-state index in [1.807, 2.05) is 60.7 Å². The number of benzene rings is 4. The van der Waals surface area contributed by atoms with Crippen LogP contribution in [0.25, 0.3) is 11.0 Å². The fraction of sp³-hybridized carbons (Fsp3) is 0.0345. The minimum Gasteiger partial charge on any atom is -0.493 e. The second-order valence-electron chi connectivity index (χ2n) is 7.71. The van der Waals surface area contributed by atoms with Crippen molar-refractivity contribution >= 4 is 28.4 Å². The third kappa shape index (κ3) is 4.63. The molecule has 0 aliphatic carbocycles. The predicted octanol–water partition coefficient (Wildman–Crippen LogP) is 6.93. The Hall–Kier alpha value is -5.04. The Morgan fingerprint density at radius 1 is 0.750 bits per heavy atom. The van der Waals surface area contributed by atoms with Gasteiger partial charge in [-0.15, -0.1) is 0 Å². The Morgan fingerprint density at radius 3 is 2.00 bits per heavy atom. The molecule has 0 aliphatic rings. The zero-order chi connectivity index (χ0) is 24.9. The van der Waals surface area contributed by atoms with Crippen molar-refractivity contribution in [2.24, 2.45) is 0 Å². The lowest BCUT2D eigenvalue weighted by molar-refractivity contribution is 0.210. The maximum Gasteiger partial charge on any atom is 0.424 e. The minimum absolute atomic E-state index is 0.0103. The number of hydrogen-bond acceptors (Lipinski definition) is 6. The second kappa shape index (κ2) is 10.1. The van der Waals surface area contributed by atoms with Crippen LogP contribution in [0.3, 0.4) is 0 Å². The number of para-hydroxylation sites is 4. The predicted molar refractivity (Wildman–Crippen MR) is 137 cm³/mol. The summed E-state index contributed by atoms with van der Waals surface area (Å²) in [5, 5.41) is 0.283. The van der Waals surface area contributed by atoms with E-state index in [0.29, 0.717) is 22.9 Å². The summed E-state index contributed by atoms with van der Waals surface area (Å²) in [6, 6.07) is 29.9. The van der Waals surface area contributed by atoms with Gasteiger partial charge in [-0.05, 0) is 48.5 Å². The van der Waals surface area contributed by atoms with Gasteiger partial charge >= 0.3 is 6.09 Å². The fourth-order valence-electron chi connectivity index (χ4n) is 3.71. The van der Waals surface area contributed by atoms with Crippen molar-refractivity contribution in [3.8, 4) is 23.0 Å². The van der Waals surface area contributed by atoms with E-state index in [0.717, 1.165) is 0 Å².